The van der Waals surface area contributed by atoms with Crippen molar-refractivity contribution in [2.45, 2.75) is 33.2 Å². The Hall–Kier alpha value is -3.27. The molecule has 182 valence electrons. The van der Waals surface area contributed by atoms with Crippen molar-refractivity contribution < 1.29 is 28.5 Å². The molecule has 10 heteroatoms. The molecule has 0 aliphatic carbocycles. The van der Waals surface area contributed by atoms with Crippen LogP contribution in [0.1, 0.15) is 43.1 Å². The van der Waals surface area contributed by atoms with E-state index in [4.69, 9.17) is 18.9 Å². The maximum absolute atomic E-state index is 12.8. The number of hydrazone groups is 1. The third-order valence-electron chi connectivity index (χ3n) is 4.96. The fourth-order valence-corrected chi connectivity index (χ4v) is 3.77. The molecule has 2 amide bonds. The lowest BCUT2D eigenvalue weighted by molar-refractivity contribution is -0.123. The van der Waals surface area contributed by atoms with Gasteiger partial charge in [-0.3, -0.25) is 9.59 Å². The van der Waals surface area contributed by atoms with E-state index in [2.05, 4.69) is 31.8 Å². The first-order valence-corrected chi connectivity index (χ1v) is 11.7. The molecule has 3 rings (SSSR count). The molecule has 9 nitrogen and oxygen atoms in total. The summed E-state index contributed by atoms with van der Waals surface area (Å²) < 4.78 is 22.4. The summed E-state index contributed by atoms with van der Waals surface area (Å²) in [6.45, 7) is 6.38. The number of ether oxygens (including phenoxy) is 4. The normalized spacial score (nSPS) is 13.1. The zero-order valence-electron chi connectivity index (χ0n) is 19.5. The van der Waals surface area contributed by atoms with Gasteiger partial charge in [0.15, 0.2) is 23.0 Å². The number of benzene rings is 2. The van der Waals surface area contributed by atoms with Crippen molar-refractivity contribution in [2.24, 2.45) is 11.0 Å². The van der Waals surface area contributed by atoms with Crippen molar-refractivity contribution in [3.8, 4) is 23.0 Å². The predicted octanol–water partition coefficient (Wildman–Crippen LogP) is 3.88. The second-order valence-corrected chi connectivity index (χ2v) is 8.73. The van der Waals surface area contributed by atoms with Crippen molar-refractivity contribution in [2.75, 3.05) is 20.5 Å². The van der Waals surface area contributed by atoms with Gasteiger partial charge in [-0.25, -0.2) is 5.43 Å². The molecule has 1 atom stereocenters. The molecule has 0 fully saturated rings. The van der Waals surface area contributed by atoms with Crippen LogP contribution in [0, 0.1) is 5.92 Å². The van der Waals surface area contributed by atoms with E-state index in [1.807, 2.05) is 26.8 Å². The number of hydrogen-bond acceptors (Lipinski definition) is 7. The fourth-order valence-electron chi connectivity index (χ4n) is 3.20. The van der Waals surface area contributed by atoms with Crippen molar-refractivity contribution >= 4 is 34.0 Å². The molecular formula is C24H28BrN3O6. The number of carbonyl (C=O) groups excluding carboxylic acids is 2. The number of hydrogen-bond donors (Lipinski definition) is 2. The summed E-state index contributed by atoms with van der Waals surface area (Å²) in [6.07, 6.45) is 2.36. The molecule has 0 bridgehead atoms. The van der Waals surface area contributed by atoms with Crippen LogP contribution in [0.2, 0.25) is 0 Å². The molecule has 0 aromatic heterocycles. The van der Waals surface area contributed by atoms with E-state index in [1.165, 1.54) is 6.21 Å². The Balaban J connectivity index is 1.65. The molecular weight excluding hydrogens is 506 g/mol. The lowest BCUT2D eigenvalue weighted by Crippen LogP contribution is -2.48. The number of methoxy groups -OCH3 is 1. The minimum absolute atomic E-state index is 0.117. The highest BCUT2D eigenvalue weighted by Crippen LogP contribution is 2.36. The molecule has 1 aliphatic heterocycles. The number of fused-ring (bicyclic) bond motifs is 1. The Morgan fingerprint density at radius 3 is 2.68 bits per heavy atom. The average molecular weight is 534 g/mol. The highest BCUT2D eigenvalue weighted by molar-refractivity contribution is 9.10. The Morgan fingerprint density at radius 1 is 1.21 bits per heavy atom. The van der Waals surface area contributed by atoms with Gasteiger partial charge in [0.1, 0.15) is 6.04 Å². The van der Waals surface area contributed by atoms with Gasteiger partial charge in [0.25, 0.3) is 11.8 Å². The van der Waals surface area contributed by atoms with Crippen LogP contribution in [0.25, 0.3) is 0 Å². The van der Waals surface area contributed by atoms with Crippen LogP contribution in [0.15, 0.2) is 39.9 Å². The third kappa shape index (κ3) is 6.19. The van der Waals surface area contributed by atoms with Gasteiger partial charge in [0.2, 0.25) is 6.79 Å². The number of carbonyl (C=O) groups is 2. The SMILES string of the molecule is CCCOc1c(Br)cc(C=NNC(=O)C(NC(=O)c2ccc3c(c2)OCO3)C(C)C)cc1OC. The first kappa shape index (κ1) is 25.4. The minimum Gasteiger partial charge on any atom is -0.493 e. The van der Waals surface area contributed by atoms with Gasteiger partial charge in [-0.2, -0.15) is 5.10 Å². The van der Waals surface area contributed by atoms with Gasteiger partial charge >= 0.3 is 0 Å². The summed E-state index contributed by atoms with van der Waals surface area (Å²) in [5, 5.41) is 6.81. The van der Waals surface area contributed by atoms with Crippen LogP contribution in [-0.2, 0) is 4.79 Å². The monoisotopic (exact) mass is 533 g/mol. The van der Waals surface area contributed by atoms with Crippen LogP contribution >= 0.6 is 15.9 Å². The first-order chi connectivity index (χ1) is 16.3. The van der Waals surface area contributed by atoms with Gasteiger partial charge in [-0.1, -0.05) is 20.8 Å². The fraction of sp³-hybridized carbons (Fsp3) is 0.375. The topological polar surface area (TPSA) is 107 Å². The van der Waals surface area contributed by atoms with E-state index in [-0.39, 0.29) is 12.7 Å². The maximum atomic E-state index is 12.8. The first-order valence-electron chi connectivity index (χ1n) is 10.9. The van der Waals surface area contributed by atoms with E-state index in [0.29, 0.717) is 45.2 Å². The Bertz CT molecular complexity index is 1070. The number of nitrogens with one attached hydrogen (secondary N) is 2. The summed E-state index contributed by atoms with van der Waals surface area (Å²) in [7, 11) is 1.55. The van der Waals surface area contributed by atoms with Gasteiger partial charge in [0, 0.05) is 5.56 Å². The number of rotatable bonds is 10. The second kappa shape index (κ2) is 11.7. The highest BCUT2D eigenvalue weighted by atomic mass is 79.9. The second-order valence-electron chi connectivity index (χ2n) is 7.88. The standard InChI is InChI=1S/C24H28BrN3O6/c1-5-8-32-22-17(25)9-15(10-20(22)31-4)12-26-28-24(30)21(14(2)3)27-23(29)16-6-7-18-19(11-16)34-13-33-18/h6-7,9-12,14,21H,5,8,13H2,1-4H3,(H,27,29)(H,28,30). The molecule has 1 heterocycles. The summed E-state index contributed by atoms with van der Waals surface area (Å²) in [6, 6.07) is 7.65. The maximum Gasteiger partial charge on any atom is 0.262 e. The predicted molar refractivity (Wildman–Crippen MR) is 131 cm³/mol. The molecule has 0 spiro atoms. The van der Waals surface area contributed by atoms with E-state index in [0.717, 1.165) is 6.42 Å². The summed E-state index contributed by atoms with van der Waals surface area (Å²) >= 11 is 3.48. The van der Waals surface area contributed by atoms with Crippen LogP contribution in [0.5, 0.6) is 23.0 Å². The molecule has 0 saturated heterocycles. The van der Waals surface area contributed by atoms with Gasteiger partial charge in [-0.05, 0) is 64.2 Å². The van der Waals surface area contributed by atoms with E-state index in [1.54, 1.807) is 31.4 Å². The highest BCUT2D eigenvalue weighted by Gasteiger charge is 2.25. The van der Waals surface area contributed by atoms with Gasteiger partial charge in [-0.15, -0.1) is 0 Å². The van der Waals surface area contributed by atoms with Crippen LogP contribution in [0.3, 0.4) is 0 Å². The zero-order valence-corrected chi connectivity index (χ0v) is 21.1. The van der Waals surface area contributed by atoms with E-state index in [9.17, 15) is 9.59 Å². The van der Waals surface area contributed by atoms with Crippen molar-refractivity contribution in [1.82, 2.24) is 10.7 Å². The molecule has 1 aliphatic rings. The van der Waals surface area contributed by atoms with E-state index >= 15 is 0 Å². The van der Waals surface area contributed by atoms with Gasteiger partial charge in [0.05, 0.1) is 24.4 Å². The average Bonchev–Trinajstić information content (AvgIpc) is 3.29. The molecule has 34 heavy (non-hydrogen) atoms. The van der Waals surface area contributed by atoms with Crippen molar-refractivity contribution in [1.29, 1.82) is 0 Å². The Labute approximate surface area is 206 Å². The lowest BCUT2D eigenvalue weighted by atomic mass is 10.0. The van der Waals surface area contributed by atoms with Crippen molar-refractivity contribution in [3.05, 3.63) is 45.9 Å². The molecule has 0 saturated carbocycles. The molecule has 2 N–H and O–H groups in total. The molecule has 2 aromatic carbocycles. The summed E-state index contributed by atoms with van der Waals surface area (Å²) in [5.41, 5.74) is 3.56. The summed E-state index contributed by atoms with van der Waals surface area (Å²) in [4.78, 5) is 25.5. The Morgan fingerprint density at radius 2 is 1.97 bits per heavy atom. The Kier molecular flexibility index (Phi) is 8.75. The molecule has 1 unspecified atom stereocenters. The minimum atomic E-state index is -0.791. The lowest BCUT2D eigenvalue weighted by Gasteiger charge is -2.20. The quantitative estimate of drug-likeness (QED) is 0.354. The van der Waals surface area contributed by atoms with Crippen LogP contribution < -0.4 is 29.7 Å². The van der Waals surface area contributed by atoms with Gasteiger partial charge < -0.3 is 24.3 Å². The molecule has 2 aromatic rings. The van der Waals surface area contributed by atoms with Crippen LogP contribution in [-0.4, -0.2) is 44.6 Å². The molecule has 0 radical (unpaired) electrons. The number of nitrogens with zero attached hydrogens (tertiary/aromatic N) is 1. The third-order valence-corrected chi connectivity index (χ3v) is 5.55. The smallest absolute Gasteiger partial charge is 0.262 e. The summed E-state index contributed by atoms with van der Waals surface area (Å²) in [5.74, 6) is 1.23. The number of amides is 2. The zero-order chi connectivity index (χ0) is 24.7. The largest absolute Gasteiger partial charge is 0.493 e. The van der Waals surface area contributed by atoms with E-state index < -0.39 is 17.9 Å². The van der Waals surface area contributed by atoms with Crippen molar-refractivity contribution in [3.63, 3.8) is 0 Å². The number of halogens is 1. The van der Waals surface area contributed by atoms with Crippen LogP contribution in [0.4, 0.5) is 0 Å².